The van der Waals surface area contributed by atoms with Crippen LogP contribution in [0.15, 0.2) is 24.3 Å². The van der Waals surface area contributed by atoms with Crippen LogP contribution in [-0.2, 0) is 0 Å². The number of hydrogen-bond donors (Lipinski definition) is 1. The van der Waals surface area contributed by atoms with Gasteiger partial charge in [0.25, 0.3) is 0 Å². The summed E-state index contributed by atoms with van der Waals surface area (Å²) >= 11 is 0. The van der Waals surface area contributed by atoms with Gasteiger partial charge in [0.1, 0.15) is 12.4 Å². The molecule has 1 unspecified atom stereocenters. The summed E-state index contributed by atoms with van der Waals surface area (Å²) in [4.78, 5) is 0. The Bertz CT molecular complexity index is 432. The van der Waals surface area contributed by atoms with E-state index in [-0.39, 0.29) is 5.41 Å². The van der Waals surface area contributed by atoms with E-state index in [4.69, 9.17) is 4.74 Å². The molecule has 98 valence electrons. The van der Waals surface area contributed by atoms with Gasteiger partial charge in [0, 0.05) is 11.0 Å². The third-order valence-corrected chi connectivity index (χ3v) is 2.43. The smallest absolute Gasteiger partial charge is 0.149 e. The Balaban J connectivity index is 2.70. The van der Waals surface area contributed by atoms with Crippen molar-refractivity contribution in [3.05, 3.63) is 29.8 Å². The zero-order valence-electron chi connectivity index (χ0n) is 11.7. The minimum absolute atomic E-state index is 0.00812. The van der Waals surface area contributed by atoms with Gasteiger partial charge in [0.2, 0.25) is 0 Å². The van der Waals surface area contributed by atoms with Crippen molar-refractivity contribution in [3.63, 3.8) is 0 Å². The summed E-state index contributed by atoms with van der Waals surface area (Å²) in [5.41, 5.74) is 0.823. The van der Waals surface area contributed by atoms with Crippen LogP contribution in [0.1, 0.15) is 45.8 Å². The van der Waals surface area contributed by atoms with Crippen LogP contribution >= 0.6 is 0 Å². The predicted octanol–water partition coefficient (Wildman–Crippen LogP) is 3.56. The molecule has 0 saturated heterocycles. The van der Waals surface area contributed by atoms with Gasteiger partial charge in [-0.05, 0) is 33.3 Å². The lowest BCUT2D eigenvalue weighted by atomic mass is 9.98. The van der Waals surface area contributed by atoms with E-state index in [1.165, 1.54) is 0 Å². The summed E-state index contributed by atoms with van der Waals surface area (Å²) in [5, 5.41) is 9.88. The molecular formula is C16H22O2. The Morgan fingerprint density at radius 2 is 1.94 bits per heavy atom. The van der Waals surface area contributed by atoms with Gasteiger partial charge in [-0.3, -0.25) is 0 Å². The molecule has 0 fully saturated rings. The van der Waals surface area contributed by atoms with Crippen LogP contribution in [-0.4, -0.2) is 11.7 Å². The van der Waals surface area contributed by atoms with Crippen LogP contribution < -0.4 is 4.74 Å². The quantitative estimate of drug-likeness (QED) is 0.823. The number of aliphatic hydroxyl groups excluding tert-OH is 1. The summed E-state index contributed by atoms with van der Waals surface area (Å²) < 4.78 is 5.62. The molecule has 1 N–H and O–H groups in total. The Hall–Kier alpha value is -1.46. The summed E-state index contributed by atoms with van der Waals surface area (Å²) in [6.07, 6.45) is 0.199. The van der Waals surface area contributed by atoms with E-state index in [1.807, 2.05) is 31.2 Å². The highest BCUT2D eigenvalue weighted by Crippen LogP contribution is 2.26. The topological polar surface area (TPSA) is 29.5 Å². The van der Waals surface area contributed by atoms with Crippen LogP contribution in [0, 0.1) is 17.3 Å². The Morgan fingerprint density at radius 3 is 2.56 bits per heavy atom. The molecule has 0 amide bonds. The van der Waals surface area contributed by atoms with Crippen molar-refractivity contribution in [1.29, 1.82) is 0 Å². The normalized spacial score (nSPS) is 12.5. The first-order valence-electron chi connectivity index (χ1n) is 6.34. The Labute approximate surface area is 110 Å². The third-order valence-electron chi connectivity index (χ3n) is 2.43. The molecule has 0 bridgehead atoms. The monoisotopic (exact) mass is 246 g/mol. The van der Waals surface area contributed by atoms with Gasteiger partial charge >= 0.3 is 0 Å². The van der Waals surface area contributed by atoms with Crippen LogP contribution in [0.25, 0.3) is 0 Å². The van der Waals surface area contributed by atoms with E-state index in [9.17, 15) is 5.11 Å². The van der Waals surface area contributed by atoms with Gasteiger partial charge in [0.05, 0.1) is 6.10 Å². The molecule has 0 spiro atoms. The highest BCUT2D eigenvalue weighted by atomic mass is 16.5. The molecule has 1 aromatic rings. The van der Waals surface area contributed by atoms with E-state index < -0.39 is 6.10 Å². The fourth-order valence-electron chi connectivity index (χ4n) is 1.52. The van der Waals surface area contributed by atoms with Crippen molar-refractivity contribution in [2.75, 3.05) is 6.61 Å². The number of aliphatic hydroxyl groups is 1. The number of hydrogen-bond acceptors (Lipinski definition) is 2. The minimum atomic E-state index is -0.475. The van der Waals surface area contributed by atoms with Crippen LogP contribution in [0.3, 0.4) is 0 Å². The van der Waals surface area contributed by atoms with Crippen molar-refractivity contribution in [2.45, 2.75) is 40.2 Å². The second kappa shape index (κ2) is 6.47. The zero-order chi connectivity index (χ0) is 13.6. The lowest BCUT2D eigenvalue weighted by molar-refractivity contribution is 0.168. The van der Waals surface area contributed by atoms with E-state index in [1.54, 1.807) is 0 Å². The van der Waals surface area contributed by atoms with Gasteiger partial charge in [0.15, 0.2) is 0 Å². The third kappa shape index (κ3) is 4.81. The molecule has 1 atom stereocenters. The number of para-hydroxylation sites is 1. The van der Waals surface area contributed by atoms with E-state index in [2.05, 4.69) is 32.6 Å². The maximum absolute atomic E-state index is 9.88. The molecule has 0 saturated carbocycles. The van der Waals surface area contributed by atoms with Crippen molar-refractivity contribution in [2.24, 2.45) is 5.41 Å². The average molecular weight is 246 g/mol. The van der Waals surface area contributed by atoms with Crippen LogP contribution in [0.4, 0.5) is 0 Å². The Morgan fingerprint density at radius 1 is 1.28 bits per heavy atom. The second-order valence-electron chi connectivity index (χ2n) is 5.30. The summed E-state index contributed by atoms with van der Waals surface area (Å²) in [5.74, 6) is 6.84. The summed E-state index contributed by atoms with van der Waals surface area (Å²) in [6.45, 7) is 8.49. The molecule has 2 heteroatoms. The van der Waals surface area contributed by atoms with Crippen LogP contribution in [0.5, 0.6) is 5.75 Å². The molecule has 0 heterocycles. The minimum Gasteiger partial charge on any atom is -0.481 e. The fourth-order valence-corrected chi connectivity index (χ4v) is 1.52. The molecule has 18 heavy (non-hydrogen) atoms. The lowest BCUT2D eigenvalue weighted by Crippen LogP contribution is -2.04. The maximum atomic E-state index is 9.88. The number of ether oxygens (including phenoxy) is 1. The lowest BCUT2D eigenvalue weighted by Gasteiger charge is -2.13. The highest BCUT2D eigenvalue weighted by Gasteiger charge is 2.10. The SMILES string of the molecule is CCC(O)c1ccccc1OCC#CC(C)(C)C. The first-order chi connectivity index (χ1) is 8.44. The standard InChI is InChI=1S/C16H22O2/c1-5-14(17)13-9-6-7-10-15(13)18-12-8-11-16(2,3)4/h6-7,9-10,14,17H,5,12H2,1-4H3. The highest BCUT2D eigenvalue weighted by molar-refractivity contribution is 5.35. The first-order valence-corrected chi connectivity index (χ1v) is 6.34. The van der Waals surface area contributed by atoms with Gasteiger partial charge in [-0.2, -0.15) is 0 Å². The van der Waals surface area contributed by atoms with Crippen molar-refractivity contribution >= 4 is 0 Å². The van der Waals surface area contributed by atoms with Crippen LogP contribution in [0.2, 0.25) is 0 Å². The van der Waals surface area contributed by atoms with Gasteiger partial charge in [-0.25, -0.2) is 0 Å². The van der Waals surface area contributed by atoms with E-state index in [0.29, 0.717) is 13.0 Å². The predicted molar refractivity (Wildman–Crippen MR) is 74.4 cm³/mol. The zero-order valence-corrected chi connectivity index (χ0v) is 11.7. The molecule has 1 rings (SSSR count). The largest absolute Gasteiger partial charge is 0.481 e. The number of rotatable bonds is 4. The summed E-state index contributed by atoms with van der Waals surface area (Å²) in [6, 6.07) is 7.56. The summed E-state index contributed by atoms with van der Waals surface area (Å²) in [7, 11) is 0. The average Bonchev–Trinajstić information content (AvgIpc) is 2.33. The van der Waals surface area contributed by atoms with Crippen molar-refractivity contribution in [3.8, 4) is 17.6 Å². The molecule has 0 radical (unpaired) electrons. The molecule has 1 aromatic carbocycles. The van der Waals surface area contributed by atoms with E-state index in [0.717, 1.165) is 11.3 Å². The number of benzene rings is 1. The first kappa shape index (κ1) is 14.6. The molecule has 0 aliphatic heterocycles. The Kier molecular flexibility index (Phi) is 5.25. The second-order valence-corrected chi connectivity index (χ2v) is 5.30. The van der Waals surface area contributed by atoms with Crippen molar-refractivity contribution < 1.29 is 9.84 Å². The maximum Gasteiger partial charge on any atom is 0.149 e. The van der Waals surface area contributed by atoms with Crippen molar-refractivity contribution in [1.82, 2.24) is 0 Å². The molecular weight excluding hydrogens is 224 g/mol. The molecule has 2 nitrogen and oxygen atoms in total. The molecule has 0 aliphatic carbocycles. The fraction of sp³-hybridized carbons (Fsp3) is 0.500. The molecule has 0 aliphatic rings. The van der Waals surface area contributed by atoms with Gasteiger partial charge < -0.3 is 9.84 Å². The van der Waals surface area contributed by atoms with E-state index >= 15 is 0 Å². The molecule has 0 aromatic heterocycles. The van der Waals surface area contributed by atoms with Gasteiger partial charge in [-0.1, -0.05) is 37.0 Å². The van der Waals surface area contributed by atoms with Gasteiger partial charge in [-0.15, -0.1) is 0 Å².